The quantitative estimate of drug-likeness (QED) is 0.869. The summed E-state index contributed by atoms with van der Waals surface area (Å²) in [6.45, 7) is 2.98. The minimum atomic E-state index is -0.311. The number of likely N-dealkylation sites (tertiary alicyclic amines) is 1. The average Bonchev–Trinajstić information content (AvgIpc) is 2.95. The number of anilines is 2. The Balaban J connectivity index is 1.84. The minimum absolute atomic E-state index is 0.105. The van der Waals surface area contributed by atoms with E-state index in [1.165, 1.54) is 0 Å². The highest BCUT2D eigenvalue weighted by molar-refractivity contribution is 5.76. The third-order valence-electron chi connectivity index (χ3n) is 3.84. The van der Waals surface area contributed by atoms with Crippen molar-refractivity contribution in [3.05, 3.63) is 42.0 Å². The van der Waals surface area contributed by atoms with Crippen LogP contribution < -0.4 is 11.1 Å². The van der Waals surface area contributed by atoms with Crippen LogP contribution in [-0.4, -0.2) is 38.8 Å². The zero-order valence-corrected chi connectivity index (χ0v) is 13.1. The number of hydrogen-bond acceptors (Lipinski definition) is 6. The Labute approximate surface area is 135 Å². The van der Waals surface area contributed by atoms with Gasteiger partial charge in [-0.25, -0.2) is 15.0 Å². The molecule has 1 aliphatic rings. The molecule has 7 heteroatoms. The lowest BCUT2D eigenvalue weighted by atomic mass is 10.1. The lowest BCUT2D eigenvalue weighted by molar-refractivity contribution is -0.119. The molecule has 0 spiro atoms. The Hall–Kier alpha value is -2.54. The predicted octanol–water partition coefficient (Wildman–Crippen LogP) is 1.55. The van der Waals surface area contributed by atoms with Crippen molar-refractivity contribution in [3.8, 4) is 0 Å². The molecule has 0 bridgehead atoms. The van der Waals surface area contributed by atoms with Gasteiger partial charge >= 0.3 is 0 Å². The third kappa shape index (κ3) is 3.81. The van der Waals surface area contributed by atoms with Crippen LogP contribution in [-0.2, 0) is 4.79 Å². The van der Waals surface area contributed by atoms with Gasteiger partial charge in [0.15, 0.2) is 0 Å². The first-order valence-corrected chi connectivity index (χ1v) is 7.68. The second-order valence-electron chi connectivity index (χ2n) is 5.66. The van der Waals surface area contributed by atoms with Crippen LogP contribution in [0.25, 0.3) is 0 Å². The maximum Gasteiger partial charge on any atom is 0.231 e. The van der Waals surface area contributed by atoms with Crippen molar-refractivity contribution < 1.29 is 4.79 Å². The van der Waals surface area contributed by atoms with E-state index in [1.54, 1.807) is 6.20 Å². The van der Waals surface area contributed by atoms with E-state index >= 15 is 0 Å². The second kappa shape index (κ2) is 6.70. The maximum atomic E-state index is 11.2. The lowest BCUT2D eigenvalue weighted by Gasteiger charge is -2.23. The van der Waals surface area contributed by atoms with Gasteiger partial charge in [-0.15, -0.1) is 0 Å². The van der Waals surface area contributed by atoms with E-state index in [0.29, 0.717) is 11.6 Å². The number of hydrogen-bond donors (Lipinski definition) is 2. The van der Waals surface area contributed by atoms with Crippen molar-refractivity contribution in [3.63, 3.8) is 0 Å². The topological polar surface area (TPSA) is 97.0 Å². The monoisotopic (exact) mass is 312 g/mol. The van der Waals surface area contributed by atoms with Crippen LogP contribution in [0.5, 0.6) is 0 Å². The standard InChI is InChI=1S/C16H20N6O/c1-11-19-12(13-5-4-8-22(13)10-14(17)23)9-16(20-11)21-15-6-2-3-7-18-15/h2-3,6-7,9,13H,4-5,8,10H2,1H3,(H2,17,23)(H,18,19,20,21)/t13-/m1/s1. The fraction of sp³-hybridized carbons (Fsp3) is 0.375. The second-order valence-corrected chi connectivity index (χ2v) is 5.66. The summed E-state index contributed by atoms with van der Waals surface area (Å²) in [5.41, 5.74) is 6.25. The predicted molar refractivity (Wildman–Crippen MR) is 87.0 cm³/mol. The van der Waals surface area contributed by atoms with Crippen LogP contribution in [0, 0.1) is 6.92 Å². The number of amides is 1. The molecule has 1 atom stereocenters. The number of carbonyl (C=O) groups is 1. The first kappa shape index (κ1) is 15.4. The highest BCUT2D eigenvalue weighted by Gasteiger charge is 2.28. The van der Waals surface area contributed by atoms with Gasteiger partial charge in [0.2, 0.25) is 5.91 Å². The van der Waals surface area contributed by atoms with Crippen LogP contribution in [0.3, 0.4) is 0 Å². The van der Waals surface area contributed by atoms with Crippen LogP contribution in [0.15, 0.2) is 30.5 Å². The van der Waals surface area contributed by atoms with E-state index in [9.17, 15) is 4.79 Å². The van der Waals surface area contributed by atoms with Crippen molar-refractivity contribution in [2.75, 3.05) is 18.4 Å². The van der Waals surface area contributed by atoms with Gasteiger partial charge < -0.3 is 11.1 Å². The summed E-state index contributed by atoms with van der Waals surface area (Å²) in [4.78, 5) is 26.5. The van der Waals surface area contributed by atoms with Gasteiger partial charge in [0.1, 0.15) is 17.5 Å². The Morgan fingerprint density at radius 2 is 2.26 bits per heavy atom. The smallest absolute Gasteiger partial charge is 0.231 e. The van der Waals surface area contributed by atoms with Gasteiger partial charge in [-0.1, -0.05) is 6.07 Å². The van der Waals surface area contributed by atoms with Crippen molar-refractivity contribution in [1.29, 1.82) is 0 Å². The highest BCUT2D eigenvalue weighted by Crippen LogP contribution is 2.31. The molecule has 0 aliphatic carbocycles. The number of nitrogens with zero attached hydrogens (tertiary/aromatic N) is 4. The van der Waals surface area contributed by atoms with Gasteiger partial charge in [0.25, 0.3) is 0 Å². The lowest BCUT2D eigenvalue weighted by Crippen LogP contribution is -2.33. The third-order valence-corrected chi connectivity index (χ3v) is 3.84. The molecule has 23 heavy (non-hydrogen) atoms. The maximum absolute atomic E-state index is 11.2. The fourth-order valence-electron chi connectivity index (χ4n) is 2.94. The molecule has 2 aromatic rings. The van der Waals surface area contributed by atoms with E-state index in [2.05, 4.69) is 25.2 Å². The van der Waals surface area contributed by atoms with Crippen LogP contribution in [0.2, 0.25) is 0 Å². The van der Waals surface area contributed by atoms with Crippen LogP contribution in [0.4, 0.5) is 11.6 Å². The zero-order chi connectivity index (χ0) is 16.2. The van der Waals surface area contributed by atoms with Crippen molar-refractivity contribution in [1.82, 2.24) is 19.9 Å². The molecule has 0 saturated carbocycles. The van der Waals surface area contributed by atoms with E-state index in [4.69, 9.17) is 5.73 Å². The number of aromatic nitrogens is 3. The molecule has 1 fully saturated rings. The van der Waals surface area contributed by atoms with Crippen LogP contribution in [0.1, 0.15) is 30.4 Å². The molecular formula is C16H20N6O. The summed E-state index contributed by atoms with van der Waals surface area (Å²) in [5.74, 6) is 1.82. The van der Waals surface area contributed by atoms with Crippen molar-refractivity contribution in [2.24, 2.45) is 5.73 Å². The molecule has 1 amide bonds. The Morgan fingerprint density at radius 3 is 3.00 bits per heavy atom. The van der Waals surface area contributed by atoms with Crippen molar-refractivity contribution in [2.45, 2.75) is 25.8 Å². The normalized spacial score (nSPS) is 18.0. The molecule has 3 rings (SSSR count). The molecular weight excluding hydrogens is 292 g/mol. The van der Waals surface area contributed by atoms with Crippen LogP contribution >= 0.6 is 0 Å². The summed E-state index contributed by atoms with van der Waals surface area (Å²) in [5, 5.41) is 3.19. The first-order chi connectivity index (χ1) is 11.1. The molecule has 1 saturated heterocycles. The molecule has 1 aliphatic heterocycles. The molecule has 3 N–H and O–H groups in total. The highest BCUT2D eigenvalue weighted by atomic mass is 16.1. The minimum Gasteiger partial charge on any atom is -0.369 e. The van der Waals surface area contributed by atoms with Gasteiger partial charge in [-0.3, -0.25) is 9.69 Å². The Bertz CT molecular complexity index is 690. The van der Waals surface area contributed by atoms with Gasteiger partial charge in [-0.2, -0.15) is 0 Å². The molecule has 2 aromatic heterocycles. The summed E-state index contributed by atoms with van der Waals surface area (Å²) in [6.07, 6.45) is 3.72. The molecule has 3 heterocycles. The van der Waals surface area contributed by atoms with E-state index in [0.717, 1.165) is 30.9 Å². The molecule has 0 radical (unpaired) electrons. The number of primary amides is 1. The van der Waals surface area contributed by atoms with Gasteiger partial charge in [0, 0.05) is 12.3 Å². The summed E-state index contributed by atoms with van der Waals surface area (Å²) < 4.78 is 0. The number of carbonyl (C=O) groups excluding carboxylic acids is 1. The average molecular weight is 312 g/mol. The van der Waals surface area contributed by atoms with E-state index < -0.39 is 0 Å². The first-order valence-electron chi connectivity index (χ1n) is 7.68. The van der Waals surface area contributed by atoms with Crippen molar-refractivity contribution >= 4 is 17.5 Å². The zero-order valence-electron chi connectivity index (χ0n) is 13.1. The molecule has 0 aromatic carbocycles. The number of aryl methyl sites for hydroxylation is 1. The number of rotatable bonds is 5. The fourth-order valence-corrected chi connectivity index (χ4v) is 2.94. The number of pyridine rings is 1. The Morgan fingerprint density at radius 1 is 1.39 bits per heavy atom. The number of nitrogens with one attached hydrogen (secondary N) is 1. The van der Waals surface area contributed by atoms with E-state index in [-0.39, 0.29) is 18.5 Å². The SMILES string of the molecule is Cc1nc(Nc2ccccn2)cc([C@H]2CCCN2CC(N)=O)n1. The van der Waals surface area contributed by atoms with E-state index in [1.807, 2.05) is 31.2 Å². The van der Waals surface area contributed by atoms with Gasteiger partial charge in [-0.05, 0) is 38.4 Å². The van der Waals surface area contributed by atoms with Gasteiger partial charge in [0.05, 0.1) is 18.3 Å². The summed E-state index contributed by atoms with van der Waals surface area (Å²) >= 11 is 0. The molecule has 120 valence electrons. The molecule has 7 nitrogen and oxygen atoms in total. The number of nitrogens with two attached hydrogens (primary N) is 1. The summed E-state index contributed by atoms with van der Waals surface area (Å²) in [7, 11) is 0. The Kier molecular flexibility index (Phi) is 4.47. The largest absolute Gasteiger partial charge is 0.369 e. The molecule has 0 unspecified atom stereocenters. The summed E-state index contributed by atoms with van der Waals surface area (Å²) in [6, 6.07) is 7.68.